The minimum absolute atomic E-state index is 0.0592. The molecule has 4 rings (SSSR count). The molecule has 11 heteroatoms. The van der Waals surface area contributed by atoms with Crippen molar-refractivity contribution < 1.29 is 22.8 Å². The lowest BCUT2D eigenvalue weighted by Gasteiger charge is -2.10. The number of nitrogens with one attached hydrogen (secondary N) is 1. The fourth-order valence-electron chi connectivity index (χ4n) is 3.05. The Hall–Kier alpha value is -1.95. The summed E-state index contributed by atoms with van der Waals surface area (Å²) in [5, 5.41) is 7.05. The first-order valence-electron chi connectivity index (χ1n) is 9.88. The van der Waals surface area contributed by atoms with Crippen LogP contribution in [-0.2, 0) is 30.0 Å². The number of aromatic nitrogens is 1. The molecule has 166 valence electrons. The number of carbonyl (C=O) groups excluding carboxylic acids is 1. The average Bonchev–Trinajstić information content (AvgIpc) is 3.34. The number of carbonyl (C=O) groups is 1. The summed E-state index contributed by atoms with van der Waals surface area (Å²) in [4.78, 5) is 24.1. The number of ether oxygens (including phenoxy) is 1. The maximum Gasteiger partial charge on any atom is 0.280 e. The molecule has 1 aromatic heterocycles. The predicted octanol–water partition coefficient (Wildman–Crippen LogP) is 3.09. The zero-order chi connectivity index (χ0) is 21.8. The number of thiazole rings is 1. The first-order chi connectivity index (χ1) is 15.0. The molecular weight excluding hydrogens is 458 g/mol. The van der Waals surface area contributed by atoms with Gasteiger partial charge in [0.2, 0.25) is 0 Å². The van der Waals surface area contributed by atoms with E-state index < -0.39 is 15.7 Å². The van der Waals surface area contributed by atoms with Crippen LogP contribution in [0.4, 0.5) is 5.13 Å². The number of anilines is 1. The predicted molar refractivity (Wildman–Crippen MR) is 121 cm³/mol. The van der Waals surface area contributed by atoms with Gasteiger partial charge in [-0.25, -0.2) is 13.4 Å². The third kappa shape index (κ3) is 5.46. The van der Waals surface area contributed by atoms with Gasteiger partial charge in [0.15, 0.2) is 26.8 Å². The summed E-state index contributed by atoms with van der Waals surface area (Å²) in [7, 11) is -3.30. The zero-order valence-electron chi connectivity index (χ0n) is 16.9. The number of benzene rings is 1. The number of hydrogen-bond donors (Lipinski definition) is 1. The van der Waals surface area contributed by atoms with Gasteiger partial charge in [-0.3, -0.25) is 10.1 Å². The number of amides is 1. The van der Waals surface area contributed by atoms with Crippen LogP contribution < -0.4 is 5.32 Å². The Balaban J connectivity index is 1.55. The normalized spacial score (nSPS) is 19.4. The van der Waals surface area contributed by atoms with E-state index in [1.165, 1.54) is 23.5 Å². The molecule has 0 bridgehead atoms. The first-order valence-corrected chi connectivity index (χ1v) is 13.6. The van der Waals surface area contributed by atoms with Gasteiger partial charge in [-0.2, -0.15) is 11.8 Å². The molecule has 2 heterocycles. The molecule has 1 amide bonds. The van der Waals surface area contributed by atoms with Crippen molar-refractivity contribution in [3.8, 4) is 0 Å². The van der Waals surface area contributed by atoms with Gasteiger partial charge in [0, 0.05) is 28.8 Å². The van der Waals surface area contributed by atoms with Crippen molar-refractivity contribution in [3.63, 3.8) is 0 Å². The SMILES string of the molecule is CSCc1cnc(NC(=O)C(=NO[C@@H]2CCOC2)c2ccc(S(=O)(=O)C3CC3)cc2)s1. The van der Waals surface area contributed by atoms with Crippen molar-refractivity contribution in [3.05, 3.63) is 40.9 Å². The lowest BCUT2D eigenvalue weighted by molar-refractivity contribution is -0.110. The highest BCUT2D eigenvalue weighted by Crippen LogP contribution is 2.33. The van der Waals surface area contributed by atoms with Crippen molar-refractivity contribution in [1.29, 1.82) is 0 Å². The average molecular weight is 482 g/mol. The van der Waals surface area contributed by atoms with E-state index in [0.29, 0.717) is 43.2 Å². The molecule has 1 atom stereocenters. The molecule has 1 aliphatic heterocycles. The molecule has 1 aliphatic carbocycles. The Morgan fingerprint density at radius 2 is 2.10 bits per heavy atom. The van der Waals surface area contributed by atoms with Crippen LogP contribution in [0.2, 0.25) is 0 Å². The summed E-state index contributed by atoms with van der Waals surface area (Å²) in [6.07, 6.45) is 5.61. The van der Waals surface area contributed by atoms with Crippen LogP contribution in [0.3, 0.4) is 0 Å². The van der Waals surface area contributed by atoms with Crippen LogP contribution in [0.15, 0.2) is 40.5 Å². The number of nitrogens with zero attached hydrogens (tertiary/aromatic N) is 2. The van der Waals surface area contributed by atoms with Crippen LogP contribution >= 0.6 is 23.1 Å². The molecule has 0 spiro atoms. The Morgan fingerprint density at radius 1 is 1.32 bits per heavy atom. The summed E-state index contributed by atoms with van der Waals surface area (Å²) < 4.78 is 30.2. The van der Waals surface area contributed by atoms with Gasteiger partial charge < -0.3 is 9.57 Å². The Kier molecular flexibility index (Phi) is 6.95. The summed E-state index contributed by atoms with van der Waals surface area (Å²) >= 11 is 3.07. The Morgan fingerprint density at radius 3 is 2.74 bits per heavy atom. The summed E-state index contributed by atoms with van der Waals surface area (Å²) in [6.45, 7) is 1.01. The zero-order valence-corrected chi connectivity index (χ0v) is 19.4. The van der Waals surface area contributed by atoms with Gasteiger partial charge >= 0.3 is 0 Å². The third-order valence-electron chi connectivity index (χ3n) is 4.88. The van der Waals surface area contributed by atoms with Crippen molar-refractivity contribution in [2.45, 2.75) is 41.3 Å². The van der Waals surface area contributed by atoms with Crippen LogP contribution in [0.25, 0.3) is 0 Å². The molecule has 31 heavy (non-hydrogen) atoms. The quantitative estimate of drug-likeness (QED) is 0.433. The maximum atomic E-state index is 13.0. The van der Waals surface area contributed by atoms with Crippen LogP contribution in [0.5, 0.6) is 0 Å². The third-order valence-corrected chi connectivity index (χ3v) is 8.85. The minimum atomic E-state index is -3.30. The first kappa shape index (κ1) is 22.3. The van der Waals surface area contributed by atoms with Gasteiger partial charge in [0.1, 0.15) is 0 Å². The summed E-state index contributed by atoms with van der Waals surface area (Å²) in [6, 6.07) is 6.21. The highest BCUT2D eigenvalue weighted by molar-refractivity contribution is 7.97. The van der Waals surface area contributed by atoms with Crippen LogP contribution in [-0.4, -0.2) is 55.8 Å². The minimum Gasteiger partial charge on any atom is -0.389 e. The van der Waals surface area contributed by atoms with E-state index in [1.807, 2.05) is 6.26 Å². The monoisotopic (exact) mass is 481 g/mol. The second-order valence-corrected chi connectivity index (χ2v) is 11.5. The molecule has 1 aromatic carbocycles. The van der Waals surface area contributed by atoms with Crippen molar-refractivity contribution in [2.75, 3.05) is 24.8 Å². The number of thioether (sulfide) groups is 1. The lowest BCUT2D eigenvalue weighted by Crippen LogP contribution is -2.25. The summed E-state index contributed by atoms with van der Waals surface area (Å²) in [5.74, 6) is 0.345. The number of rotatable bonds is 9. The molecule has 0 unspecified atom stereocenters. The van der Waals surface area contributed by atoms with Crippen LogP contribution in [0, 0.1) is 0 Å². The highest BCUT2D eigenvalue weighted by atomic mass is 32.2. The molecule has 1 saturated heterocycles. The summed E-state index contributed by atoms with van der Waals surface area (Å²) in [5.41, 5.74) is 0.524. The Labute approximate surface area is 189 Å². The van der Waals surface area contributed by atoms with E-state index in [2.05, 4.69) is 15.5 Å². The van der Waals surface area contributed by atoms with Crippen molar-refractivity contribution in [2.24, 2.45) is 5.16 Å². The number of oxime groups is 1. The lowest BCUT2D eigenvalue weighted by atomic mass is 10.1. The smallest absolute Gasteiger partial charge is 0.280 e. The van der Waals surface area contributed by atoms with E-state index in [9.17, 15) is 13.2 Å². The van der Waals surface area contributed by atoms with E-state index in [-0.39, 0.29) is 22.0 Å². The molecule has 1 saturated carbocycles. The Bertz CT molecular complexity index is 1060. The molecule has 0 radical (unpaired) electrons. The fraction of sp³-hybridized carbons (Fsp3) is 0.450. The van der Waals surface area contributed by atoms with Gasteiger partial charge in [-0.15, -0.1) is 11.3 Å². The van der Waals surface area contributed by atoms with Crippen molar-refractivity contribution >= 4 is 49.7 Å². The largest absolute Gasteiger partial charge is 0.389 e. The molecule has 2 aromatic rings. The van der Waals surface area contributed by atoms with Gasteiger partial charge in [0.25, 0.3) is 5.91 Å². The molecule has 1 N–H and O–H groups in total. The molecular formula is C20H23N3O5S3. The molecule has 2 aliphatic rings. The topological polar surface area (TPSA) is 107 Å². The molecule has 8 nitrogen and oxygen atoms in total. The second kappa shape index (κ2) is 9.68. The van der Waals surface area contributed by atoms with E-state index in [4.69, 9.17) is 9.57 Å². The van der Waals surface area contributed by atoms with E-state index in [0.717, 1.165) is 10.6 Å². The van der Waals surface area contributed by atoms with Crippen LogP contribution in [0.1, 0.15) is 29.7 Å². The molecule has 2 fully saturated rings. The standard InChI is InChI=1S/C20H23N3O5S3/c1-29-12-15-10-21-20(30-15)22-19(24)18(23-28-14-8-9-27-11-14)13-2-4-16(5-3-13)31(25,26)17-6-7-17/h2-5,10,14,17H,6-9,11-12H2,1H3,(H,21,22,24)/t14-/m1/s1. The van der Waals surface area contributed by atoms with E-state index in [1.54, 1.807) is 30.1 Å². The van der Waals surface area contributed by atoms with Crippen molar-refractivity contribution in [1.82, 2.24) is 4.98 Å². The van der Waals surface area contributed by atoms with Gasteiger partial charge in [0.05, 0.1) is 23.4 Å². The van der Waals surface area contributed by atoms with Gasteiger partial charge in [-0.1, -0.05) is 17.3 Å². The van der Waals surface area contributed by atoms with E-state index >= 15 is 0 Å². The fourth-order valence-corrected chi connectivity index (χ4v) is 6.26. The maximum absolute atomic E-state index is 13.0. The number of sulfone groups is 1. The van der Waals surface area contributed by atoms with Gasteiger partial charge in [-0.05, 0) is 31.2 Å². The highest BCUT2D eigenvalue weighted by Gasteiger charge is 2.36. The number of hydrogen-bond acceptors (Lipinski definition) is 9. The second-order valence-electron chi connectivity index (χ2n) is 7.32.